The first-order valence-electron chi connectivity index (χ1n) is 6.41. The van der Waals surface area contributed by atoms with E-state index in [1.54, 1.807) is 0 Å². The van der Waals surface area contributed by atoms with E-state index in [0.29, 0.717) is 5.00 Å². The standard InChI is InChI=1S/C13H13NO4S2/c15-9-5-19-6-10(16)14(9)12-11(13(17)18)7-3-1-2-4-8(7)20-12/h1-6H2,(H,17,18). The number of amides is 2. The molecule has 3 rings (SSSR count). The number of hydrogen-bond acceptors (Lipinski definition) is 5. The summed E-state index contributed by atoms with van der Waals surface area (Å²) in [5.41, 5.74) is 0.987. The molecular weight excluding hydrogens is 298 g/mol. The molecule has 1 fully saturated rings. The zero-order chi connectivity index (χ0) is 14.3. The van der Waals surface area contributed by atoms with Gasteiger partial charge in [0.05, 0.1) is 17.1 Å². The molecule has 2 amide bonds. The van der Waals surface area contributed by atoms with Gasteiger partial charge in [0, 0.05) is 4.88 Å². The fraction of sp³-hybridized carbons (Fsp3) is 0.462. The van der Waals surface area contributed by atoms with Gasteiger partial charge < -0.3 is 5.11 Å². The Morgan fingerprint density at radius 3 is 2.40 bits per heavy atom. The van der Waals surface area contributed by atoms with Gasteiger partial charge in [0.25, 0.3) is 0 Å². The number of aromatic carboxylic acids is 1. The summed E-state index contributed by atoms with van der Waals surface area (Å²) in [5.74, 6) is -1.21. The lowest BCUT2D eigenvalue weighted by atomic mass is 9.95. The number of hydrogen-bond donors (Lipinski definition) is 1. The van der Waals surface area contributed by atoms with Gasteiger partial charge in [-0.15, -0.1) is 23.1 Å². The molecule has 0 unspecified atom stereocenters. The van der Waals surface area contributed by atoms with E-state index in [2.05, 4.69) is 0 Å². The van der Waals surface area contributed by atoms with E-state index in [1.165, 1.54) is 23.1 Å². The summed E-state index contributed by atoms with van der Waals surface area (Å²) in [4.78, 5) is 37.6. The number of aryl methyl sites for hydroxylation is 1. The lowest BCUT2D eigenvalue weighted by Gasteiger charge is -2.23. The molecule has 1 aromatic rings. The topological polar surface area (TPSA) is 74.7 Å². The molecule has 1 saturated heterocycles. The predicted molar refractivity (Wildman–Crippen MR) is 77.7 cm³/mol. The van der Waals surface area contributed by atoms with Crippen LogP contribution in [0.15, 0.2) is 0 Å². The second-order valence-electron chi connectivity index (χ2n) is 4.81. The Morgan fingerprint density at radius 2 is 1.75 bits per heavy atom. The molecule has 7 heteroatoms. The Balaban J connectivity index is 2.12. The number of nitrogens with zero attached hydrogens (tertiary/aromatic N) is 1. The van der Waals surface area contributed by atoms with Gasteiger partial charge in [-0.05, 0) is 31.2 Å². The van der Waals surface area contributed by atoms with Gasteiger partial charge in [-0.1, -0.05) is 0 Å². The maximum Gasteiger partial charge on any atom is 0.339 e. The minimum atomic E-state index is -1.04. The molecule has 0 radical (unpaired) electrons. The van der Waals surface area contributed by atoms with Crippen molar-refractivity contribution in [3.8, 4) is 0 Å². The Hall–Kier alpha value is -1.34. The van der Waals surface area contributed by atoms with Crippen LogP contribution < -0.4 is 4.90 Å². The third-order valence-electron chi connectivity index (χ3n) is 3.52. The van der Waals surface area contributed by atoms with Crippen LogP contribution in [0.2, 0.25) is 0 Å². The summed E-state index contributed by atoms with van der Waals surface area (Å²) >= 11 is 2.57. The van der Waals surface area contributed by atoms with Gasteiger partial charge in [-0.3, -0.25) is 9.59 Å². The third-order valence-corrected chi connectivity index (χ3v) is 5.70. The molecule has 1 N–H and O–H groups in total. The van der Waals surface area contributed by atoms with Crippen LogP contribution in [0.4, 0.5) is 5.00 Å². The predicted octanol–water partition coefficient (Wildman–Crippen LogP) is 1.93. The number of anilines is 1. The van der Waals surface area contributed by atoms with Gasteiger partial charge in [0.15, 0.2) is 0 Å². The van der Waals surface area contributed by atoms with Crippen molar-refractivity contribution in [2.75, 3.05) is 16.4 Å². The number of thiophene rings is 1. The molecule has 2 aliphatic rings. The van der Waals surface area contributed by atoms with Crippen molar-refractivity contribution in [1.82, 2.24) is 0 Å². The molecule has 20 heavy (non-hydrogen) atoms. The van der Waals surface area contributed by atoms with Crippen molar-refractivity contribution >= 4 is 45.9 Å². The number of fused-ring (bicyclic) bond motifs is 1. The molecule has 106 valence electrons. The number of carboxylic acid groups (broad SMARTS) is 1. The Bertz CT molecular complexity index is 592. The van der Waals surface area contributed by atoms with Crippen molar-refractivity contribution in [2.24, 2.45) is 0 Å². The highest BCUT2D eigenvalue weighted by atomic mass is 32.2. The monoisotopic (exact) mass is 311 g/mol. The number of carboxylic acids is 1. The van der Waals surface area contributed by atoms with Crippen LogP contribution in [-0.4, -0.2) is 34.4 Å². The molecular formula is C13H13NO4S2. The maximum absolute atomic E-state index is 12.0. The van der Waals surface area contributed by atoms with Crippen LogP contribution in [0.3, 0.4) is 0 Å². The number of rotatable bonds is 2. The second-order valence-corrected chi connectivity index (χ2v) is 6.88. The fourth-order valence-corrected chi connectivity index (χ4v) is 4.77. The summed E-state index contributed by atoms with van der Waals surface area (Å²) in [7, 11) is 0. The van der Waals surface area contributed by atoms with Crippen LogP contribution in [-0.2, 0) is 22.4 Å². The molecule has 2 heterocycles. The van der Waals surface area contributed by atoms with Crippen molar-refractivity contribution in [3.05, 3.63) is 16.0 Å². The lowest BCUT2D eigenvalue weighted by molar-refractivity contribution is -0.124. The lowest BCUT2D eigenvalue weighted by Crippen LogP contribution is -2.43. The number of thioether (sulfide) groups is 1. The quantitative estimate of drug-likeness (QED) is 0.845. The minimum Gasteiger partial charge on any atom is -0.478 e. The molecule has 1 aliphatic carbocycles. The molecule has 0 bridgehead atoms. The van der Waals surface area contributed by atoms with E-state index in [-0.39, 0.29) is 28.9 Å². The summed E-state index contributed by atoms with van der Waals surface area (Å²) in [6.45, 7) is 0. The average Bonchev–Trinajstić information content (AvgIpc) is 2.77. The number of imide groups is 1. The van der Waals surface area contributed by atoms with E-state index < -0.39 is 5.97 Å². The first kappa shape index (κ1) is 13.6. The van der Waals surface area contributed by atoms with Crippen LogP contribution in [0.5, 0.6) is 0 Å². The SMILES string of the molecule is O=C(O)c1c(N2C(=O)CSCC2=O)sc2c1CCCC2. The van der Waals surface area contributed by atoms with Gasteiger partial charge in [-0.25, -0.2) is 9.69 Å². The summed E-state index contributed by atoms with van der Waals surface area (Å²) < 4.78 is 0. The first-order chi connectivity index (χ1) is 9.59. The highest BCUT2D eigenvalue weighted by Crippen LogP contribution is 2.41. The smallest absolute Gasteiger partial charge is 0.339 e. The number of carbonyl (C=O) groups is 3. The summed E-state index contributed by atoms with van der Waals surface area (Å²) in [5, 5.41) is 9.79. The Labute approximate surface area is 124 Å². The Morgan fingerprint density at radius 1 is 1.10 bits per heavy atom. The van der Waals surface area contributed by atoms with E-state index in [9.17, 15) is 19.5 Å². The van der Waals surface area contributed by atoms with E-state index in [1.807, 2.05) is 0 Å². The van der Waals surface area contributed by atoms with E-state index >= 15 is 0 Å². The highest BCUT2D eigenvalue weighted by molar-refractivity contribution is 8.00. The zero-order valence-electron chi connectivity index (χ0n) is 10.7. The maximum atomic E-state index is 12.0. The summed E-state index contributed by atoms with van der Waals surface area (Å²) in [6, 6.07) is 0. The average molecular weight is 311 g/mol. The van der Waals surface area contributed by atoms with Gasteiger partial charge in [0.1, 0.15) is 5.00 Å². The third kappa shape index (κ3) is 2.14. The number of carbonyl (C=O) groups excluding carboxylic acids is 2. The van der Waals surface area contributed by atoms with Gasteiger partial charge in [-0.2, -0.15) is 0 Å². The van der Waals surface area contributed by atoms with Crippen molar-refractivity contribution < 1.29 is 19.5 Å². The zero-order valence-corrected chi connectivity index (χ0v) is 12.3. The van der Waals surface area contributed by atoms with E-state index in [0.717, 1.165) is 41.0 Å². The van der Waals surface area contributed by atoms with Gasteiger partial charge >= 0.3 is 5.97 Å². The molecule has 0 spiro atoms. The molecule has 0 aromatic carbocycles. The largest absolute Gasteiger partial charge is 0.478 e. The minimum absolute atomic E-state index is 0.165. The molecule has 1 aromatic heterocycles. The van der Waals surface area contributed by atoms with Crippen LogP contribution in [0.25, 0.3) is 0 Å². The fourth-order valence-electron chi connectivity index (χ4n) is 2.65. The molecule has 1 aliphatic heterocycles. The van der Waals surface area contributed by atoms with Crippen molar-refractivity contribution in [3.63, 3.8) is 0 Å². The van der Waals surface area contributed by atoms with Gasteiger partial charge in [0.2, 0.25) is 11.8 Å². The Kier molecular flexibility index (Phi) is 3.55. The van der Waals surface area contributed by atoms with Crippen LogP contribution in [0, 0.1) is 0 Å². The van der Waals surface area contributed by atoms with Crippen molar-refractivity contribution in [1.29, 1.82) is 0 Å². The normalized spacial score (nSPS) is 19.1. The first-order valence-corrected chi connectivity index (χ1v) is 8.38. The second kappa shape index (κ2) is 5.21. The van der Waals surface area contributed by atoms with E-state index in [4.69, 9.17) is 0 Å². The van der Waals surface area contributed by atoms with Crippen LogP contribution >= 0.6 is 23.1 Å². The van der Waals surface area contributed by atoms with Crippen molar-refractivity contribution in [2.45, 2.75) is 25.7 Å². The highest BCUT2D eigenvalue weighted by Gasteiger charge is 2.35. The van der Waals surface area contributed by atoms with Crippen LogP contribution in [0.1, 0.15) is 33.6 Å². The molecule has 0 atom stereocenters. The molecule has 0 saturated carbocycles. The molecule has 5 nitrogen and oxygen atoms in total. The summed E-state index contributed by atoms with van der Waals surface area (Å²) in [6.07, 6.45) is 3.55.